The van der Waals surface area contributed by atoms with Crippen LogP contribution < -0.4 is 15.6 Å². The standard InChI is InChI=1S/C24H29N3O4/c1-31-16-7-5-6-15(12-16)17-8-9-20-22-21(24(30)26-10-3-2-4-11-26)18(14-28)19(25-22)13-27(20)23(17)29/h5-9,12,18-19,21-22,25,28H,2-4,10-11,13-14H2,1H3/t18-,19-,21+,22+/m0/s1. The maximum atomic E-state index is 13.4. The van der Waals surface area contributed by atoms with Crippen LogP contribution in [-0.4, -0.2) is 53.3 Å². The minimum Gasteiger partial charge on any atom is -0.497 e. The second kappa shape index (κ2) is 8.13. The van der Waals surface area contributed by atoms with Gasteiger partial charge in [0, 0.05) is 49.5 Å². The van der Waals surface area contributed by atoms with E-state index < -0.39 is 0 Å². The molecule has 7 nitrogen and oxygen atoms in total. The molecule has 2 bridgehead atoms. The molecule has 2 fully saturated rings. The topological polar surface area (TPSA) is 83.8 Å². The van der Waals surface area contributed by atoms with Crippen molar-refractivity contribution < 1.29 is 14.6 Å². The van der Waals surface area contributed by atoms with Crippen LogP contribution in [0, 0.1) is 11.8 Å². The van der Waals surface area contributed by atoms with Crippen molar-refractivity contribution in [3.05, 3.63) is 52.4 Å². The second-order valence-electron chi connectivity index (χ2n) is 8.83. The summed E-state index contributed by atoms with van der Waals surface area (Å²) >= 11 is 0. The van der Waals surface area contributed by atoms with Crippen LogP contribution in [0.25, 0.3) is 11.1 Å². The van der Waals surface area contributed by atoms with Gasteiger partial charge in [0.15, 0.2) is 0 Å². The highest BCUT2D eigenvalue weighted by Gasteiger charge is 2.51. The van der Waals surface area contributed by atoms with Gasteiger partial charge < -0.3 is 24.6 Å². The number of ether oxygens (including phenoxy) is 1. The van der Waals surface area contributed by atoms with Crippen LogP contribution in [0.2, 0.25) is 0 Å². The fourth-order valence-corrected chi connectivity index (χ4v) is 5.56. The third kappa shape index (κ3) is 3.36. The molecule has 0 spiro atoms. The molecule has 2 N–H and O–H groups in total. The first-order chi connectivity index (χ1) is 15.1. The van der Waals surface area contributed by atoms with Gasteiger partial charge in [-0.1, -0.05) is 12.1 Å². The number of carbonyl (C=O) groups is 1. The van der Waals surface area contributed by atoms with Crippen molar-refractivity contribution in [3.63, 3.8) is 0 Å². The van der Waals surface area contributed by atoms with Gasteiger partial charge in [-0.3, -0.25) is 9.59 Å². The molecule has 5 rings (SSSR count). The normalized spacial score (nSPS) is 27.1. The third-order valence-corrected chi connectivity index (χ3v) is 7.18. The number of hydrogen-bond donors (Lipinski definition) is 2. The number of aromatic nitrogens is 1. The van der Waals surface area contributed by atoms with Crippen LogP contribution in [-0.2, 0) is 11.3 Å². The van der Waals surface area contributed by atoms with Crippen molar-refractivity contribution in [3.8, 4) is 16.9 Å². The Labute approximate surface area is 181 Å². The molecule has 7 heteroatoms. The van der Waals surface area contributed by atoms with Gasteiger partial charge in [0.1, 0.15) is 5.75 Å². The fraction of sp³-hybridized carbons (Fsp3) is 0.500. The van der Waals surface area contributed by atoms with Gasteiger partial charge in [0.25, 0.3) is 5.56 Å². The van der Waals surface area contributed by atoms with E-state index in [4.69, 9.17) is 4.74 Å². The van der Waals surface area contributed by atoms with Crippen molar-refractivity contribution in [1.82, 2.24) is 14.8 Å². The van der Waals surface area contributed by atoms with E-state index in [0.717, 1.165) is 43.6 Å². The Bertz CT molecular complexity index is 1040. The molecular formula is C24H29N3O4. The molecule has 1 aromatic heterocycles. The number of fused-ring (bicyclic) bond motifs is 4. The molecule has 0 unspecified atom stereocenters. The van der Waals surface area contributed by atoms with E-state index in [9.17, 15) is 14.7 Å². The molecule has 1 amide bonds. The number of benzene rings is 1. The van der Waals surface area contributed by atoms with Crippen LogP contribution in [0.5, 0.6) is 5.75 Å². The summed E-state index contributed by atoms with van der Waals surface area (Å²) in [5.41, 5.74) is 2.19. The van der Waals surface area contributed by atoms with E-state index in [1.54, 1.807) is 11.7 Å². The molecule has 3 aliphatic heterocycles. The van der Waals surface area contributed by atoms with Gasteiger partial charge in [-0.25, -0.2) is 0 Å². The number of likely N-dealkylation sites (tertiary alicyclic amines) is 1. The van der Waals surface area contributed by atoms with Crippen molar-refractivity contribution in [2.45, 2.75) is 37.9 Å². The average Bonchev–Trinajstić information content (AvgIpc) is 3.12. The zero-order chi connectivity index (χ0) is 21.5. The Morgan fingerprint density at radius 1 is 1.19 bits per heavy atom. The van der Waals surface area contributed by atoms with E-state index in [1.807, 2.05) is 41.3 Å². The van der Waals surface area contributed by atoms with Crippen molar-refractivity contribution in [2.24, 2.45) is 11.8 Å². The summed E-state index contributed by atoms with van der Waals surface area (Å²) in [4.78, 5) is 28.8. The molecule has 0 aliphatic carbocycles. The van der Waals surface area contributed by atoms with Gasteiger partial charge >= 0.3 is 0 Å². The number of aliphatic hydroxyl groups is 1. The lowest BCUT2D eigenvalue weighted by Crippen LogP contribution is -2.44. The second-order valence-corrected chi connectivity index (χ2v) is 8.83. The zero-order valence-corrected chi connectivity index (χ0v) is 17.8. The number of hydrogen-bond acceptors (Lipinski definition) is 5. The number of nitrogens with zero attached hydrogens (tertiary/aromatic N) is 2. The fourth-order valence-electron chi connectivity index (χ4n) is 5.56. The molecule has 31 heavy (non-hydrogen) atoms. The first kappa shape index (κ1) is 20.3. The molecule has 2 aromatic rings. The van der Waals surface area contributed by atoms with E-state index in [0.29, 0.717) is 17.9 Å². The van der Waals surface area contributed by atoms with E-state index in [1.165, 1.54) is 0 Å². The van der Waals surface area contributed by atoms with E-state index in [2.05, 4.69) is 5.32 Å². The smallest absolute Gasteiger partial charge is 0.258 e. The quantitative estimate of drug-likeness (QED) is 0.783. The zero-order valence-electron chi connectivity index (χ0n) is 17.8. The number of carbonyl (C=O) groups excluding carboxylic acids is 1. The van der Waals surface area contributed by atoms with Crippen molar-refractivity contribution in [1.29, 1.82) is 0 Å². The van der Waals surface area contributed by atoms with Gasteiger partial charge in [0.2, 0.25) is 5.91 Å². The average molecular weight is 424 g/mol. The SMILES string of the molecule is COc1cccc(-c2ccc3n(c2=O)C[C@@H]2N[C@H]3[C@H](C(=O)N3CCCCC3)[C@H]2CO)c1. The molecule has 164 valence electrons. The van der Waals surface area contributed by atoms with Gasteiger partial charge in [-0.15, -0.1) is 0 Å². The van der Waals surface area contributed by atoms with Gasteiger partial charge in [-0.2, -0.15) is 0 Å². The predicted octanol–water partition coefficient (Wildman–Crippen LogP) is 1.79. The number of rotatable bonds is 4. The number of aliphatic hydroxyl groups excluding tert-OH is 1. The Hall–Kier alpha value is -2.64. The number of nitrogens with one attached hydrogen (secondary N) is 1. The minimum absolute atomic E-state index is 0.0648. The largest absolute Gasteiger partial charge is 0.497 e. The van der Waals surface area contributed by atoms with Gasteiger partial charge in [-0.05, 0) is 49.1 Å². The predicted molar refractivity (Wildman–Crippen MR) is 117 cm³/mol. The lowest BCUT2D eigenvalue weighted by atomic mass is 9.85. The number of methoxy groups -OCH3 is 1. The maximum absolute atomic E-state index is 13.4. The maximum Gasteiger partial charge on any atom is 0.258 e. The summed E-state index contributed by atoms with van der Waals surface area (Å²) < 4.78 is 7.11. The number of amides is 1. The molecule has 0 radical (unpaired) electrons. The van der Waals surface area contributed by atoms with E-state index in [-0.39, 0.29) is 42.0 Å². The molecule has 4 atom stereocenters. The first-order valence-electron chi connectivity index (χ1n) is 11.2. The lowest BCUT2D eigenvalue weighted by Gasteiger charge is -2.33. The van der Waals surface area contributed by atoms with Crippen molar-refractivity contribution >= 4 is 5.91 Å². The number of piperidine rings is 1. The Morgan fingerprint density at radius 2 is 2.00 bits per heavy atom. The summed E-state index contributed by atoms with van der Waals surface area (Å²) in [5.74, 6) is 0.272. The van der Waals surface area contributed by atoms with Crippen LogP contribution in [0.3, 0.4) is 0 Å². The molecule has 2 saturated heterocycles. The summed E-state index contributed by atoms with van der Waals surface area (Å²) in [6.45, 7) is 1.96. The summed E-state index contributed by atoms with van der Waals surface area (Å²) in [6, 6.07) is 10.9. The molecule has 4 heterocycles. The highest BCUT2D eigenvalue weighted by atomic mass is 16.5. The van der Waals surface area contributed by atoms with Crippen LogP contribution in [0.1, 0.15) is 31.0 Å². The molecule has 0 saturated carbocycles. The molecule has 1 aromatic carbocycles. The molecule has 3 aliphatic rings. The Kier molecular flexibility index (Phi) is 5.32. The van der Waals surface area contributed by atoms with Crippen molar-refractivity contribution in [2.75, 3.05) is 26.8 Å². The minimum atomic E-state index is -0.344. The first-order valence-corrected chi connectivity index (χ1v) is 11.2. The van der Waals surface area contributed by atoms with Crippen LogP contribution >= 0.6 is 0 Å². The monoisotopic (exact) mass is 423 g/mol. The molecular weight excluding hydrogens is 394 g/mol. The summed E-state index contributed by atoms with van der Waals surface area (Å²) in [7, 11) is 1.61. The lowest BCUT2D eigenvalue weighted by molar-refractivity contribution is -0.138. The third-order valence-electron chi connectivity index (χ3n) is 7.18. The van der Waals surface area contributed by atoms with Gasteiger partial charge in [0.05, 0.1) is 19.1 Å². The Morgan fingerprint density at radius 3 is 2.74 bits per heavy atom. The van der Waals surface area contributed by atoms with Crippen LogP contribution in [0.15, 0.2) is 41.2 Å². The highest BCUT2D eigenvalue weighted by Crippen LogP contribution is 2.42. The Balaban J connectivity index is 1.53. The van der Waals surface area contributed by atoms with Crippen LogP contribution in [0.4, 0.5) is 0 Å². The highest BCUT2D eigenvalue weighted by molar-refractivity contribution is 5.81. The number of pyridine rings is 1. The summed E-state index contributed by atoms with van der Waals surface area (Å²) in [5, 5.41) is 13.7. The summed E-state index contributed by atoms with van der Waals surface area (Å²) in [6.07, 6.45) is 3.22. The van der Waals surface area contributed by atoms with E-state index >= 15 is 0 Å².